The van der Waals surface area contributed by atoms with Gasteiger partial charge in [0.2, 0.25) is 0 Å². The molecule has 0 bridgehead atoms. The minimum atomic E-state index is -0.475. The van der Waals surface area contributed by atoms with Crippen molar-refractivity contribution in [3.05, 3.63) is 77.3 Å². The second-order valence-electron chi connectivity index (χ2n) is 5.55. The summed E-state index contributed by atoms with van der Waals surface area (Å²) < 4.78 is 19.1. The van der Waals surface area contributed by atoms with Crippen LogP contribution in [0.4, 0.5) is 4.39 Å². The number of hydrogen-bond acceptors (Lipinski definition) is 3. The Hall–Kier alpha value is -2.95. The maximum atomic E-state index is 13.9. The third-order valence-electron chi connectivity index (χ3n) is 3.86. The topological polar surface area (TPSA) is 55.1 Å². The summed E-state index contributed by atoms with van der Waals surface area (Å²) in [4.78, 5) is 12.7. The van der Waals surface area contributed by atoms with Crippen LogP contribution in [0.3, 0.4) is 0 Å². The number of rotatable bonds is 4. The van der Waals surface area contributed by atoms with E-state index in [0.717, 1.165) is 5.56 Å². The van der Waals surface area contributed by atoms with Gasteiger partial charge in [0, 0.05) is 11.1 Å². The van der Waals surface area contributed by atoms with Crippen molar-refractivity contribution in [1.82, 2.24) is 10.5 Å². The number of carbonyl (C=O) groups is 1. The molecule has 0 aliphatic carbocycles. The summed E-state index contributed by atoms with van der Waals surface area (Å²) in [5, 5.41) is 6.81. The molecular formula is C19H17FN2O2. The highest BCUT2D eigenvalue weighted by Crippen LogP contribution is 2.26. The Bertz CT molecular complexity index is 859. The molecule has 1 heterocycles. The highest BCUT2D eigenvalue weighted by atomic mass is 19.1. The fourth-order valence-corrected chi connectivity index (χ4v) is 2.61. The molecular weight excluding hydrogens is 307 g/mol. The van der Waals surface area contributed by atoms with Gasteiger partial charge in [0.25, 0.3) is 5.91 Å². The zero-order chi connectivity index (χ0) is 17.1. The van der Waals surface area contributed by atoms with E-state index in [0.29, 0.717) is 22.6 Å². The predicted octanol–water partition coefficient (Wildman–Crippen LogP) is 4.28. The van der Waals surface area contributed by atoms with Crippen molar-refractivity contribution in [2.45, 2.75) is 19.9 Å². The van der Waals surface area contributed by atoms with Crippen LogP contribution in [0.5, 0.6) is 0 Å². The standard InChI is InChI=1S/C19H17FN2O2/c1-12(15-10-6-7-11-16(15)20)21-19(23)17-13(2)24-22-18(17)14-8-4-3-5-9-14/h3-12H,1-2H3,(H,21,23)/t12-/m1/s1. The zero-order valence-corrected chi connectivity index (χ0v) is 13.4. The first-order chi connectivity index (χ1) is 11.6. The third-order valence-corrected chi connectivity index (χ3v) is 3.86. The number of aromatic nitrogens is 1. The van der Waals surface area contributed by atoms with Crippen molar-refractivity contribution >= 4 is 5.91 Å². The summed E-state index contributed by atoms with van der Waals surface area (Å²) in [5.41, 5.74) is 2.06. The smallest absolute Gasteiger partial charge is 0.257 e. The van der Waals surface area contributed by atoms with Crippen LogP contribution >= 0.6 is 0 Å². The minimum Gasteiger partial charge on any atom is -0.360 e. The lowest BCUT2D eigenvalue weighted by molar-refractivity contribution is 0.0938. The lowest BCUT2D eigenvalue weighted by Gasteiger charge is -2.15. The van der Waals surface area contributed by atoms with Crippen LogP contribution < -0.4 is 5.32 Å². The number of hydrogen-bond donors (Lipinski definition) is 1. The molecule has 1 amide bonds. The van der Waals surface area contributed by atoms with Gasteiger partial charge in [-0.15, -0.1) is 0 Å². The number of amides is 1. The average molecular weight is 324 g/mol. The number of nitrogens with one attached hydrogen (secondary N) is 1. The molecule has 0 saturated heterocycles. The van der Waals surface area contributed by atoms with Crippen molar-refractivity contribution in [1.29, 1.82) is 0 Å². The lowest BCUT2D eigenvalue weighted by Crippen LogP contribution is -2.27. The average Bonchev–Trinajstić information content (AvgIpc) is 2.97. The van der Waals surface area contributed by atoms with Crippen molar-refractivity contribution < 1.29 is 13.7 Å². The van der Waals surface area contributed by atoms with Gasteiger partial charge in [0.15, 0.2) is 0 Å². The van der Waals surface area contributed by atoms with E-state index in [4.69, 9.17) is 4.52 Å². The van der Waals surface area contributed by atoms with Crippen LogP contribution in [0.1, 0.15) is 34.6 Å². The van der Waals surface area contributed by atoms with E-state index in [1.807, 2.05) is 30.3 Å². The number of aryl methyl sites for hydroxylation is 1. The number of halogens is 1. The first kappa shape index (κ1) is 15.9. The Morgan fingerprint density at radius 1 is 1.12 bits per heavy atom. The van der Waals surface area contributed by atoms with E-state index in [1.54, 1.807) is 32.0 Å². The van der Waals surface area contributed by atoms with Crippen molar-refractivity contribution in [2.75, 3.05) is 0 Å². The van der Waals surface area contributed by atoms with E-state index in [9.17, 15) is 9.18 Å². The molecule has 1 atom stereocenters. The molecule has 0 fully saturated rings. The molecule has 24 heavy (non-hydrogen) atoms. The first-order valence-corrected chi connectivity index (χ1v) is 7.65. The van der Waals surface area contributed by atoms with Crippen LogP contribution in [0.25, 0.3) is 11.3 Å². The Morgan fingerprint density at radius 3 is 2.50 bits per heavy atom. The number of benzene rings is 2. The fourth-order valence-electron chi connectivity index (χ4n) is 2.61. The van der Waals surface area contributed by atoms with Gasteiger partial charge < -0.3 is 9.84 Å². The van der Waals surface area contributed by atoms with Crippen LogP contribution in [-0.2, 0) is 0 Å². The Kier molecular flexibility index (Phi) is 4.42. The van der Waals surface area contributed by atoms with Gasteiger partial charge in [-0.3, -0.25) is 4.79 Å². The van der Waals surface area contributed by atoms with Gasteiger partial charge in [-0.25, -0.2) is 4.39 Å². The second-order valence-corrected chi connectivity index (χ2v) is 5.55. The minimum absolute atomic E-state index is 0.344. The highest BCUT2D eigenvalue weighted by molar-refractivity contribution is 6.00. The second kappa shape index (κ2) is 6.66. The predicted molar refractivity (Wildman–Crippen MR) is 89.0 cm³/mol. The maximum Gasteiger partial charge on any atom is 0.257 e. The van der Waals surface area contributed by atoms with Crippen molar-refractivity contribution in [3.8, 4) is 11.3 Å². The zero-order valence-electron chi connectivity index (χ0n) is 13.4. The fraction of sp³-hybridized carbons (Fsp3) is 0.158. The lowest BCUT2D eigenvalue weighted by atomic mass is 10.0. The van der Waals surface area contributed by atoms with Crippen molar-refractivity contribution in [3.63, 3.8) is 0 Å². The van der Waals surface area contributed by atoms with Gasteiger partial charge in [-0.1, -0.05) is 53.7 Å². The molecule has 0 radical (unpaired) electrons. The van der Waals surface area contributed by atoms with E-state index in [-0.39, 0.29) is 11.7 Å². The summed E-state index contributed by atoms with van der Waals surface area (Å²) >= 11 is 0. The van der Waals surface area contributed by atoms with Crippen LogP contribution in [0.2, 0.25) is 0 Å². The van der Waals surface area contributed by atoms with Crippen LogP contribution in [0.15, 0.2) is 59.1 Å². The molecule has 0 spiro atoms. The molecule has 3 aromatic rings. The Balaban J connectivity index is 1.89. The molecule has 0 aliphatic heterocycles. The summed E-state index contributed by atoms with van der Waals surface area (Å²) in [6, 6.07) is 15.2. The van der Waals surface area contributed by atoms with Gasteiger partial charge in [0.1, 0.15) is 22.8 Å². The van der Waals surface area contributed by atoms with Crippen LogP contribution in [0, 0.1) is 12.7 Å². The normalized spacial score (nSPS) is 12.0. The van der Waals surface area contributed by atoms with E-state index in [1.165, 1.54) is 6.07 Å². The van der Waals surface area contributed by atoms with E-state index >= 15 is 0 Å². The maximum absolute atomic E-state index is 13.9. The quantitative estimate of drug-likeness (QED) is 0.779. The van der Waals surface area contributed by atoms with E-state index < -0.39 is 6.04 Å². The van der Waals surface area contributed by atoms with Crippen molar-refractivity contribution in [2.24, 2.45) is 0 Å². The van der Waals surface area contributed by atoms with Gasteiger partial charge in [-0.2, -0.15) is 0 Å². The molecule has 4 nitrogen and oxygen atoms in total. The first-order valence-electron chi connectivity index (χ1n) is 7.65. The summed E-state index contributed by atoms with van der Waals surface area (Å²) in [5.74, 6) is -0.272. The molecule has 5 heteroatoms. The van der Waals surface area contributed by atoms with Gasteiger partial charge >= 0.3 is 0 Å². The number of carbonyl (C=O) groups excluding carboxylic acids is 1. The monoisotopic (exact) mass is 324 g/mol. The summed E-state index contributed by atoms with van der Waals surface area (Å²) in [6.07, 6.45) is 0. The molecule has 3 rings (SSSR count). The van der Waals surface area contributed by atoms with E-state index in [2.05, 4.69) is 10.5 Å². The molecule has 0 saturated carbocycles. The number of nitrogens with zero attached hydrogens (tertiary/aromatic N) is 1. The SMILES string of the molecule is Cc1onc(-c2ccccc2)c1C(=O)N[C@H](C)c1ccccc1F. The molecule has 122 valence electrons. The van der Waals surface area contributed by atoms with Crippen LogP contribution in [-0.4, -0.2) is 11.1 Å². The molecule has 0 aliphatic rings. The van der Waals surface area contributed by atoms with Gasteiger partial charge in [0.05, 0.1) is 6.04 Å². The highest BCUT2D eigenvalue weighted by Gasteiger charge is 2.23. The Morgan fingerprint density at radius 2 is 1.79 bits per heavy atom. The van der Waals surface area contributed by atoms with Gasteiger partial charge in [-0.05, 0) is 19.9 Å². The molecule has 1 aromatic heterocycles. The molecule has 1 N–H and O–H groups in total. The molecule has 2 aromatic carbocycles. The summed E-state index contributed by atoms with van der Waals surface area (Å²) in [7, 11) is 0. The summed E-state index contributed by atoms with van der Waals surface area (Å²) in [6.45, 7) is 3.42. The third kappa shape index (κ3) is 3.06. The largest absolute Gasteiger partial charge is 0.360 e. The Labute approximate surface area is 139 Å². The molecule has 0 unspecified atom stereocenters.